The number of hydrogen-bond donors (Lipinski definition) is 1. The molecule has 114 valence electrons. The number of aromatic nitrogens is 2. The zero-order valence-corrected chi connectivity index (χ0v) is 14.6. The summed E-state index contributed by atoms with van der Waals surface area (Å²) in [6, 6.07) is 0. The number of hydrogen-bond acceptors (Lipinski definition) is 2. The summed E-state index contributed by atoms with van der Waals surface area (Å²) < 4.78 is 3.37. The molecule has 1 aromatic heterocycles. The van der Waals surface area contributed by atoms with Crippen LogP contribution in [0, 0.1) is 11.8 Å². The molecule has 1 heterocycles. The second-order valence-corrected chi connectivity index (χ2v) is 7.04. The third-order valence-electron chi connectivity index (χ3n) is 4.57. The second kappa shape index (κ2) is 7.60. The lowest BCUT2D eigenvalue weighted by Gasteiger charge is -2.35. The topological polar surface area (TPSA) is 29.9 Å². The Morgan fingerprint density at radius 1 is 1.40 bits per heavy atom. The van der Waals surface area contributed by atoms with Crippen molar-refractivity contribution in [2.45, 2.75) is 58.9 Å². The number of rotatable bonds is 6. The molecule has 3 nitrogen and oxygen atoms in total. The van der Waals surface area contributed by atoms with Crippen molar-refractivity contribution in [2.75, 3.05) is 13.1 Å². The zero-order valence-electron chi connectivity index (χ0n) is 13.0. The maximum Gasteiger partial charge on any atom is 0.0635 e. The maximum absolute atomic E-state index is 4.51. The highest BCUT2D eigenvalue weighted by atomic mass is 79.9. The van der Waals surface area contributed by atoms with Crippen molar-refractivity contribution < 1.29 is 0 Å². The molecule has 1 aromatic rings. The Kier molecular flexibility index (Phi) is 6.09. The summed E-state index contributed by atoms with van der Waals surface area (Å²) in [6.07, 6.45) is 7.18. The van der Waals surface area contributed by atoms with Crippen LogP contribution in [0.4, 0.5) is 0 Å². The summed E-state index contributed by atoms with van der Waals surface area (Å²) in [5, 5.41) is 8.14. The molecular weight excluding hydrogens is 314 g/mol. The molecule has 0 bridgehead atoms. The van der Waals surface area contributed by atoms with Crippen molar-refractivity contribution in [3.63, 3.8) is 0 Å². The Morgan fingerprint density at radius 2 is 2.20 bits per heavy atom. The van der Waals surface area contributed by atoms with Crippen LogP contribution in [0.5, 0.6) is 0 Å². The molecule has 1 fully saturated rings. The van der Waals surface area contributed by atoms with Crippen LogP contribution < -0.4 is 5.32 Å². The first kappa shape index (κ1) is 16.0. The van der Waals surface area contributed by atoms with Gasteiger partial charge < -0.3 is 5.32 Å². The van der Waals surface area contributed by atoms with E-state index in [9.17, 15) is 0 Å². The van der Waals surface area contributed by atoms with Gasteiger partial charge in [-0.05, 0) is 67.0 Å². The zero-order chi connectivity index (χ0) is 14.5. The summed E-state index contributed by atoms with van der Waals surface area (Å²) >= 11 is 3.72. The average Bonchev–Trinajstić information content (AvgIpc) is 2.81. The number of nitrogens with one attached hydrogen (secondary N) is 1. The van der Waals surface area contributed by atoms with Gasteiger partial charge in [0.2, 0.25) is 0 Å². The third kappa shape index (κ3) is 3.64. The summed E-state index contributed by atoms with van der Waals surface area (Å²) in [6.45, 7) is 10.0. The lowest BCUT2D eigenvalue weighted by molar-refractivity contribution is 0.232. The third-order valence-corrected chi connectivity index (χ3v) is 5.18. The summed E-state index contributed by atoms with van der Waals surface area (Å²) in [4.78, 5) is 0. The minimum Gasteiger partial charge on any atom is -0.316 e. The van der Waals surface area contributed by atoms with Crippen molar-refractivity contribution >= 4 is 15.9 Å². The number of aryl methyl sites for hydroxylation is 1. The lowest BCUT2D eigenvalue weighted by Crippen LogP contribution is -2.33. The molecule has 0 radical (unpaired) electrons. The van der Waals surface area contributed by atoms with E-state index in [1.54, 1.807) is 0 Å². The van der Waals surface area contributed by atoms with Crippen LogP contribution in [0.25, 0.3) is 0 Å². The Morgan fingerprint density at radius 3 is 2.90 bits per heavy atom. The highest BCUT2D eigenvalue weighted by Gasteiger charge is 2.32. The Balaban J connectivity index is 2.16. The van der Waals surface area contributed by atoms with E-state index in [2.05, 4.69) is 51.8 Å². The fourth-order valence-corrected chi connectivity index (χ4v) is 4.07. The quantitative estimate of drug-likeness (QED) is 0.786. The maximum atomic E-state index is 4.51. The molecule has 3 atom stereocenters. The second-order valence-electron chi connectivity index (χ2n) is 6.18. The minimum absolute atomic E-state index is 0.639. The predicted molar refractivity (Wildman–Crippen MR) is 88.0 cm³/mol. The smallest absolute Gasteiger partial charge is 0.0635 e. The minimum atomic E-state index is 0.639. The molecule has 2 rings (SSSR count). The SMILES string of the molecule is CCCNCC1CCC(C)CC1c1c(Br)cnn1CC. The van der Waals surface area contributed by atoms with Crippen LogP contribution >= 0.6 is 15.9 Å². The molecule has 0 aromatic carbocycles. The molecule has 0 spiro atoms. The Hall–Kier alpha value is -0.350. The van der Waals surface area contributed by atoms with E-state index < -0.39 is 0 Å². The Bertz CT molecular complexity index is 416. The van der Waals surface area contributed by atoms with E-state index in [-0.39, 0.29) is 0 Å². The predicted octanol–water partition coefficient (Wildman–Crippen LogP) is 4.18. The van der Waals surface area contributed by atoms with Gasteiger partial charge in [0, 0.05) is 12.5 Å². The molecule has 0 amide bonds. The number of halogens is 1. The first-order chi connectivity index (χ1) is 9.67. The molecular formula is C16H28BrN3. The van der Waals surface area contributed by atoms with Crippen molar-refractivity contribution in [3.05, 3.63) is 16.4 Å². The first-order valence-electron chi connectivity index (χ1n) is 8.09. The van der Waals surface area contributed by atoms with Gasteiger partial charge in [0.05, 0.1) is 16.4 Å². The van der Waals surface area contributed by atoms with Gasteiger partial charge in [0.25, 0.3) is 0 Å². The van der Waals surface area contributed by atoms with Gasteiger partial charge in [0.15, 0.2) is 0 Å². The van der Waals surface area contributed by atoms with Crippen molar-refractivity contribution in [1.82, 2.24) is 15.1 Å². The first-order valence-corrected chi connectivity index (χ1v) is 8.88. The molecule has 4 heteroatoms. The molecule has 1 aliphatic carbocycles. The van der Waals surface area contributed by atoms with Crippen LogP contribution in [0.1, 0.15) is 58.1 Å². The average molecular weight is 342 g/mol. The van der Waals surface area contributed by atoms with E-state index in [1.807, 2.05) is 6.20 Å². The molecule has 3 unspecified atom stereocenters. The van der Waals surface area contributed by atoms with Gasteiger partial charge in [-0.2, -0.15) is 5.10 Å². The van der Waals surface area contributed by atoms with Gasteiger partial charge in [-0.3, -0.25) is 4.68 Å². The molecule has 1 N–H and O–H groups in total. The summed E-state index contributed by atoms with van der Waals surface area (Å²) in [5.41, 5.74) is 1.42. The number of nitrogens with zero attached hydrogens (tertiary/aromatic N) is 2. The Labute approximate surface area is 131 Å². The normalized spacial score (nSPS) is 26.9. The highest BCUT2D eigenvalue weighted by Crippen LogP contribution is 2.42. The van der Waals surface area contributed by atoms with E-state index in [1.165, 1.54) is 35.8 Å². The van der Waals surface area contributed by atoms with Crippen molar-refractivity contribution in [2.24, 2.45) is 11.8 Å². The van der Waals surface area contributed by atoms with Crippen molar-refractivity contribution in [1.29, 1.82) is 0 Å². The van der Waals surface area contributed by atoms with E-state index in [4.69, 9.17) is 0 Å². The summed E-state index contributed by atoms with van der Waals surface area (Å²) in [5.74, 6) is 2.21. The van der Waals surface area contributed by atoms with Gasteiger partial charge >= 0.3 is 0 Å². The van der Waals surface area contributed by atoms with Crippen LogP contribution in [-0.4, -0.2) is 22.9 Å². The van der Waals surface area contributed by atoms with Crippen molar-refractivity contribution in [3.8, 4) is 0 Å². The van der Waals surface area contributed by atoms with Gasteiger partial charge in [0.1, 0.15) is 0 Å². The largest absolute Gasteiger partial charge is 0.316 e. The highest BCUT2D eigenvalue weighted by molar-refractivity contribution is 9.10. The molecule has 1 saturated carbocycles. The summed E-state index contributed by atoms with van der Waals surface area (Å²) in [7, 11) is 0. The monoisotopic (exact) mass is 341 g/mol. The van der Waals surface area contributed by atoms with Gasteiger partial charge in [-0.25, -0.2) is 0 Å². The van der Waals surface area contributed by atoms with Crippen LogP contribution in [0.2, 0.25) is 0 Å². The molecule has 0 aliphatic heterocycles. The van der Waals surface area contributed by atoms with Gasteiger partial charge in [-0.15, -0.1) is 0 Å². The fourth-order valence-electron chi connectivity index (χ4n) is 3.48. The van der Waals surface area contributed by atoms with E-state index in [0.29, 0.717) is 5.92 Å². The van der Waals surface area contributed by atoms with Gasteiger partial charge in [-0.1, -0.05) is 20.3 Å². The van der Waals surface area contributed by atoms with Crippen LogP contribution in [-0.2, 0) is 6.54 Å². The standard InChI is InChI=1S/C16H28BrN3/c1-4-8-18-10-13-7-6-12(3)9-14(13)16-15(17)11-19-20(16)5-2/h11-14,18H,4-10H2,1-3H3. The van der Waals surface area contributed by atoms with Crippen LogP contribution in [0.15, 0.2) is 10.7 Å². The molecule has 1 aliphatic rings. The van der Waals surface area contributed by atoms with Crippen LogP contribution in [0.3, 0.4) is 0 Å². The molecule has 20 heavy (non-hydrogen) atoms. The lowest BCUT2D eigenvalue weighted by atomic mass is 9.73. The molecule has 0 saturated heterocycles. The van der Waals surface area contributed by atoms with E-state index in [0.717, 1.165) is 31.5 Å². The van der Waals surface area contributed by atoms with E-state index >= 15 is 0 Å². The fraction of sp³-hybridized carbons (Fsp3) is 0.812.